The van der Waals surface area contributed by atoms with Crippen LogP contribution in [0.5, 0.6) is 11.5 Å². The maximum atomic E-state index is 12.8. The number of rotatable bonds is 6. The third kappa shape index (κ3) is 4.17. The molecule has 1 aliphatic heterocycles. The highest BCUT2D eigenvalue weighted by atomic mass is 16.5. The molecule has 1 aromatic rings. The lowest BCUT2D eigenvalue weighted by atomic mass is 9.95. The maximum absolute atomic E-state index is 12.8. The first-order valence-electron chi connectivity index (χ1n) is 8.30. The van der Waals surface area contributed by atoms with Gasteiger partial charge in [0.2, 0.25) is 5.91 Å². The molecule has 0 saturated carbocycles. The summed E-state index contributed by atoms with van der Waals surface area (Å²) in [5, 5.41) is 0. The number of hydrogen-bond donors (Lipinski definition) is 2. The van der Waals surface area contributed by atoms with Gasteiger partial charge in [-0.1, -0.05) is 0 Å². The second-order valence-corrected chi connectivity index (χ2v) is 5.60. The highest BCUT2D eigenvalue weighted by Crippen LogP contribution is 2.28. The van der Waals surface area contributed by atoms with Gasteiger partial charge in [-0.05, 0) is 38.8 Å². The summed E-state index contributed by atoms with van der Waals surface area (Å²) in [6, 6.07) is 5.25. The van der Waals surface area contributed by atoms with E-state index in [-0.39, 0.29) is 17.7 Å². The largest absolute Gasteiger partial charge is 0.494 e. The molecule has 1 saturated heterocycles. The second-order valence-electron chi connectivity index (χ2n) is 5.60. The Balaban J connectivity index is 2.10. The lowest BCUT2D eigenvalue weighted by molar-refractivity contribution is -0.126. The number of amides is 2. The summed E-state index contributed by atoms with van der Waals surface area (Å²) >= 11 is 0. The first-order valence-corrected chi connectivity index (χ1v) is 8.30. The quantitative estimate of drug-likeness (QED) is 0.465. The maximum Gasteiger partial charge on any atom is 0.257 e. The fraction of sp³-hybridized carbons (Fsp3) is 0.529. The molecular weight excluding hydrogens is 310 g/mol. The van der Waals surface area contributed by atoms with Crippen molar-refractivity contribution >= 4 is 11.8 Å². The highest BCUT2D eigenvalue weighted by molar-refractivity contribution is 5.97. The van der Waals surface area contributed by atoms with E-state index in [1.165, 1.54) is 0 Å². The van der Waals surface area contributed by atoms with E-state index in [1.807, 2.05) is 13.8 Å². The smallest absolute Gasteiger partial charge is 0.257 e. The molecular formula is C17H25N3O4. The van der Waals surface area contributed by atoms with E-state index in [1.54, 1.807) is 23.1 Å². The number of carbonyl (C=O) groups is 2. The number of hydrazine groups is 1. The summed E-state index contributed by atoms with van der Waals surface area (Å²) in [6.07, 6.45) is 1.21. The highest BCUT2D eigenvalue weighted by Gasteiger charge is 2.28. The monoisotopic (exact) mass is 335 g/mol. The van der Waals surface area contributed by atoms with Gasteiger partial charge in [0.15, 0.2) is 0 Å². The van der Waals surface area contributed by atoms with Gasteiger partial charge in [0, 0.05) is 25.1 Å². The molecule has 3 N–H and O–H groups in total. The summed E-state index contributed by atoms with van der Waals surface area (Å²) in [5.74, 6) is 5.98. The van der Waals surface area contributed by atoms with Crippen LogP contribution in [0.25, 0.3) is 0 Å². The molecule has 1 fully saturated rings. The van der Waals surface area contributed by atoms with Gasteiger partial charge < -0.3 is 14.4 Å². The van der Waals surface area contributed by atoms with Crippen LogP contribution < -0.4 is 20.7 Å². The van der Waals surface area contributed by atoms with E-state index in [0.29, 0.717) is 56.2 Å². The molecule has 24 heavy (non-hydrogen) atoms. The molecule has 0 aromatic heterocycles. The van der Waals surface area contributed by atoms with Crippen LogP contribution in [0.15, 0.2) is 18.2 Å². The second kappa shape index (κ2) is 8.54. The van der Waals surface area contributed by atoms with Crippen LogP contribution in [0.1, 0.15) is 37.0 Å². The normalized spacial score (nSPS) is 15.0. The molecule has 2 amide bonds. The lowest BCUT2D eigenvalue weighted by Crippen LogP contribution is -2.44. The minimum atomic E-state index is -0.168. The Morgan fingerprint density at radius 2 is 1.88 bits per heavy atom. The van der Waals surface area contributed by atoms with E-state index >= 15 is 0 Å². The third-order valence-corrected chi connectivity index (χ3v) is 4.09. The standard InChI is InChI=1S/C17H25N3O4/c1-3-23-13-5-6-14(15(11-13)24-4-2)17(22)20-9-7-12(8-10-20)16(21)19-18/h5-6,11-12H,3-4,7-10,18H2,1-2H3,(H,19,21). The van der Waals surface area contributed by atoms with Crippen LogP contribution in [0, 0.1) is 5.92 Å². The first kappa shape index (κ1) is 18.1. The molecule has 7 heteroatoms. The predicted octanol–water partition coefficient (Wildman–Crippen LogP) is 1.33. The molecule has 0 radical (unpaired) electrons. The Morgan fingerprint density at radius 3 is 2.46 bits per heavy atom. The summed E-state index contributed by atoms with van der Waals surface area (Å²) in [4.78, 5) is 26.1. The molecule has 0 unspecified atom stereocenters. The average molecular weight is 335 g/mol. The van der Waals surface area contributed by atoms with Gasteiger partial charge in [-0.15, -0.1) is 0 Å². The number of nitrogens with zero attached hydrogens (tertiary/aromatic N) is 1. The van der Waals surface area contributed by atoms with Gasteiger partial charge in [0.25, 0.3) is 5.91 Å². The van der Waals surface area contributed by atoms with Crippen molar-refractivity contribution in [1.82, 2.24) is 10.3 Å². The van der Waals surface area contributed by atoms with Gasteiger partial charge >= 0.3 is 0 Å². The first-order chi connectivity index (χ1) is 11.6. The summed E-state index contributed by atoms with van der Waals surface area (Å²) in [5.41, 5.74) is 2.69. The number of nitrogens with two attached hydrogens (primary N) is 1. The number of ether oxygens (including phenoxy) is 2. The average Bonchev–Trinajstić information content (AvgIpc) is 2.61. The zero-order chi connectivity index (χ0) is 17.5. The van der Waals surface area contributed by atoms with Gasteiger partial charge in [0.1, 0.15) is 11.5 Å². The fourth-order valence-corrected chi connectivity index (χ4v) is 2.84. The fourth-order valence-electron chi connectivity index (χ4n) is 2.84. The SMILES string of the molecule is CCOc1ccc(C(=O)N2CCC(C(=O)NN)CC2)c(OCC)c1. The zero-order valence-electron chi connectivity index (χ0n) is 14.2. The van der Waals surface area contributed by atoms with E-state index < -0.39 is 0 Å². The van der Waals surface area contributed by atoms with Gasteiger partial charge in [0.05, 0.1) is 18.8 Å². The molecule has 1 aliphatic rings. The number of piperidine rings is 1. The van der Waals surface area contributed by atoms with Crippen molar-refractivity contribution in [2.75, 3.05) is 26.3 Å². The molecule has 1 aromatic carbocycles. The molecule has 0 atom stereocenters. The topological polar surface area (TPSA) is 93.9 Å². The van der Waals surface area contributed by atoms with Gasteiger partial charge in [-0.2, -0.15) is 0 Å². The molecule has 0 spiro atoms. The third-order valence-electron chi connectivity index (χ3n) is 4.09. The minimum absolute atomic E-state index is 0.0897. The van der Waals surface area contributed by atoms with E-state index in [0.717, 1.165) is 0 Å². The number of hydrogen-bond acceptors (Lipinski definition) is 5. The van der Waals surface area contributed by atoms with Crippen LogP contribution in [0.2, 0.25) is 0 Å². The Bertz CT molecular complexity index is 583. The van der Waals surface area contributed by atoms with E-state index in [2.05, 4.69) is 5.43 Å². The summed E-state index contributed by atoms with van der Waals surface area (Å²) < 4.78 is 11.1. The van der Waals surface area contributed by atoms with Crippen molar-refractivity contribution in [3.8, 4) is 11.5 Å². The molecule has 1 heterocycles. The van der Waals surface area contributed by atoms with E-state index in [9.17, 15) is 9.59 Å². The van der Waals surface area contributed by atoms with Crippen molar-refractivity contribution in [2.45, 2.75) is 26.7 Å². The molecule has 2 rings (SSSR count). The minimum Gasteiger partial charge on any atom is -0.494 e. The van der Waals surface area contributed by atoms with E-state index in [4.69, 9.17) is 15.3 Å². The number of likely N-dealkylation sites (tertiary alicyclic amines) is 1. The van der Waals surface area contributed by atoms with Crippen molar-refractivity contribution in [3.05, 3.63) is 23.8 Å². The number of nitrogens with one attached hydrogen (secondary N) is 1. The molecule has 7 nitrogen and oxygen atoms in total. The summed E-state index contributed by atoms with van der Waals surface area (Å²) in [7, 11) is 0. The van der Waals surface area contributed by atoms with Crippen molar-refractivity contribution in [1.29, 1.82) is 0 Å². The van der Waals surface area contributed by atoms with Crippen LogP contribution in [-0.2, 0) is 4.79 Å². The Kier molecular flexibility index (Phi) is 6.43. The predicted molar refractivity (Wildman–Crippen MR) is 89.7 cm³/mol. The van der Waals surface area contributed by atoms with Crippen LogP contribution >= 0.6 is 0 Å². The molecule has 132 valence electrons. The van der Waals surface area contributed by atoms with Gasteiger partial charge in [-0.3, -0.25) is 15.0 Å². The number of benzene rings is 1. The number of carbonyl (C=O) groups excluding carboxylic acids is 2. The molecule has 0 aliphatic carbocycles. The van der Waals surface area contributed by atoms with Crippen LogP contribution in [0.4, 0.5) is 0 Å². The van der Waals surface area contributed by atoms with Crippen molar-refractivity contribution in [3.63, 3.8) is 0 Å². The Labute approximate surface area is 142 Å². The van der Waals surface area contributed by atoms with Crippen molar-refractivity contribution in [2.24, 2.45) is 11.8 Å². The summed E-state index contributed by atoms with van der Waals surface area (Å²) in [6.45, 7) is 5.84. The van der Waals surface area contributed by atoms with Crippen LogP contribution in [-0.4, -0.2) is 43.0 Å². The lowest BCUT2D eigenvalue weighted by Gasteiger charge is -2.31. The Morgan fingerprint density at radius 1 is 1.21 bits per heavy atom. The Hall–Kier alpha value is -2.28. The van der Waals surface area contributed by atoms with Gasteiger partial charge in [-0.25, -0.2) is 5.84 Å². The molecule has 0 bridgehead atoms. The zero-order valence-corrected chi connectivity index (χ0v) is 14.2. The van der Waals surface area contributed by atoms with Crippen molar-refractivity contribution < 1.29 is 19.1 Å². The van der Waals surface area contributed by atoms with Crippen LogP contribution in [0.3, 0.4) is 0 Å².